The van der Waals surface area contributed by atoms with Crippen LogP contribution in [0.15, 0.2) is 0 Å². The standard InChI is InChI=1S/C12H24N2O/c1-13-8-12-3-6-14(9-12)5-2-11-4-7-15-10-11/h11-13H,2-10H2,1H3. The first-order valence-electron chi connectivity index (χ1n) is 6.33. The fourth-order valence-electron chi connectivity index (χ4n) is 2.75. The molecule has 0 saturated carbocycles. The van der Waals surface area contributed by atoms with Gasteiger partial charge in [0.15, 0.2) is 0 Å². The Hall–Kier alpha value is -0.120. The first-order chi connectivity index (χ1) is 7.38. The van der Waals surface area contributed by atoms with Crippen molar-refractivity contribution in [3.05, 3.63) is 0 Å². The average molecular weight is 212 g/mol. The molecule has 3 heteroatoms. The highest BCUT2D eigenvalue weighted by Crippen LogP contribution is 2.20. The van der Waals surface area contributed by atoms with Gasteiger partial charge in [0.1, 0.15) is 0 Å². The van der Waals surface area contributed by atoms with Crippen molar-refractivity contribution in [2.24, 2.45) is 11.8 Å². The van der Waals surface area contributed by atoms with Gasteiger partial charge >= 0.3 is 0 Å². The Balaban J connectivity index is 1.59. The highest BCUT2D eigenvalue weighted by molar-refractivity contribution is 4.77. The molecule has 0 aromatic rings. The van der Waals surface area contributed by atoms with Crippen LogP contribution in [-0.2, 0) is 4.74 Å². The Kier molecular flexibility index (Phi) is 4.42. The van der Waals surface area contributed by atoms with Crippen molar-refractivity contribution in [1.29, 1.82) is 0 Å². The molecule has 0 aromatic carbocycles. The zero-order valence-electron chi connectivity index (χ0n) is 9.87. The van der Waals surface area contributed by atoms with E-state index in [2.05, 4.69) is 17.3 Å². The van der Waals surface area contributed by atoms with Crippen LogP contribution in [0.3, 0.4) is 0 Å². The predicted octanol–water partition coefficient (Wildman–Crippen LogP) is 0.954. The molecule has 1 N–H and O–H groups in total. The minimum Gasteiger partial charge on any atom is -0.381 e. The second kappa shape index (κ2) is 5.83. The van der Waals surface area contributed by atoms with Crippen LogP contribution in [0.4, 0.5) is 0 Å². The van der Waals surface area contributed by atoms with Gasteiger partial charge in [0.25, 0.3) is 0 Å². The summed E-state index contributed by atoms with van der Waals surface area (Å²) >= 11 is 0. The zero-order chi connectivity index (χ0) is 10.5. The number of rotatable bonds is 5. The molecule has 0 spiro atoms. The molecule has 2 aliphatic heterocycles. The fourth-order valence-corrected chi connectivity index (χ4v) is 2.75. The molecule has 0 amide bonds. The van der Waals surface area contributed by atoms with Gasteiger partial charge in [0.05, 0.1) is 0 Å². The van der Waals surface area contributed by atoms with Crippen molar-refractivity contribution in [2.75, 3.05) is 46.4 Å². The normalized spacial score (nSPS) is 32.6. The van der Waals surface area contributed by atoms with E-state index in [1.165, 1.54) is 45.4 Å². The fraction of sp³-hybridized carbons (Fsp3) is 1.00. The topological polar surface area (TPSA) is 24.5 Å². The summed E-state index contributed by atoms with van der Waals surface area (Å²) in [5.41, 5.74) is 0. The molecule has 15 heavy (non-hydrogen) atoms. The van der Waals surface area contributed by atoms with Crippen LogP contribution in [0.25, 0.3) is 0 Å². The van der Waals surface area contributed by atoms with E-state index in [4.69, 9.17) is 4.74 Å². The van der Waals surface area contributed by atoms with Gasteiger partial charge in [-0.25, -0.2) is 0 Å². The summed E-state index contributed by atoms with van der Waals surface area (Å²) in [5.74, 6) is 1.73. The van der Waals surface area contributed by atoms with E-state index in [1.54, 1.807) is 0 Å². The Morgan fingerprint density at radius 1 is 1.33 bits per heavy atom. The summed E-state index contributed by atoms with van der Waals surface area (Å²) in [4.78, 5) is 2.63. The largest absolute Gasteiger partial charge is 0.381 e. The number of nitrogens with zero attached hydrogens (tertiary/aromatic N) is 1. The van der Waals surface area contributed by atoms with Gasteiger partial charge in [-0.3, -0.25) is 0 Å². The first-order valence-corrected chi connectivity index (χ1v) is 6.33. The average Bonchev–Trinajstić information content (AvgIpc) is 2.85. The maximum absolute atomic E-state index is 5.40. The lowest BCUT2D eigenvalue weighted by Gasteiger charge is -2.17. The van der Waals surface area contributed by atoms with Crippen LogP contribution in [0.1, 0.15) is 19.3 Å². The third-order valence-electron chi connectivity index (χ3n) is 3.74. The van der Waals surface area contributed by atoms with Crippen LogP contribution in [0, 0.1) is 11.8 Å². The van der Waals surface area contributed by atoms with E-state index in [0.29, 0.717) is 0 Å². The van der Waals surface area contributed by atoms with E-state index in [9.17, 15) is 0 Å². The predicted molar refractivity (Wildman–Crippen MR) is 62.0 cm³/mol. The van der Waals surface area contributed by atoms with Crippen molar-refractivity contribution in [2.45, 2.75) is 19.3 Å². The molecular weight excluding hydrogens is 188 g/mol. The maximum atomic E-state index is 5.40. The van der Waals surface area contributed by atoms with Crippen LogP contribution in [0.5, 0.6) is 0 Å². The lowest BCUT2D eigenvalue weighted by atomic mass is 10.1. The quantitative estimate of drug-likeness (QED) is 0.734. The molecule has 0 aromatic heterocycles. The minimum absolute atomic E-state index is 0.841. The third kappa shape index (κ3) is 3.44. The minimum atomic E-state index is 0.841. The Morgan fingerprint density at radius 3 is 3.00 bits per heavy atom. The van der Waals surface area contributed by atoms with Gasteiger partial charge < -0.3 is 15.0 Å². The van der Waals surface area contributed by atoms with Crippen LogP contribution in [0.2, 0.25) is 0 Å². The second-order valence-electron chi connectivity index (χ2n) is 5.03. The number of likely N-dealkylation sites (tertiary alicyclic amines) is 1. The maximum Gasteiger partial charge on any atom is 0.0495 e. The molecule has 2 atom stereocenters. The summed E-state index contributed by atoms with van der Waals surface area (Å²) in [5, 5.41) is 3.28. The van der Waals surface area contributed by atoms with Crippen molar-refractivity contribution in [1.82, 2.24) is 10.2 Å². The molecule has 88 valence electrons. The molecule has 2 rings (SSSR count). The molecule has 2 fully saturated rings. The molecule has 0 aliphatic carbocycles. The van der Waals surface area contributed by atoms with E-state index < -0.39 is 0 Å². The molecule has 3 nitrogen and oxygen atoms in total. The lowest BCUT2D eigenvalue weighted by molar-refractivity contribution is 0.180. The van der Waals surface area contributed by atoms with E-state index >= 15 is 0 Å². The van der Waals surface area contributed by atoms with Crippen molar-refractivity contribution < 1.29 is 4.74 Å². The van der Waals surface area contributed by atoms with Crippen molar-refractivity contribution >= 4 is 0 Å². The van der Waals surface area contributed by atoms with Gasteiger partial charge in [-0.2, -0.15) is 0 Å². The molecular formula is C12H24N2O. The van der Waals surface area contributed by atoms with Crippen molar-refractivity contribution in [3.63, 3.8) is 0 Å². The molecule has 2 aliphatic rings. The molecule has 0 bridgehead atoms. The van der Waals surface area contributed by atoms with Gasteiger partial charge in [0.2, 0.25) is 0 Å². The lowest BCUT2D eigenvalue weighted by Crippen LogP contribution is -2.26. The summed E-state index contributed by atoms with van der Waals surface area (Å²) in [6, 6.07) is 0. The Morgan fingerprint density at radius 2 is 2.27 bits per heavy atom. The van der Waals surface area contributed by atoms with Crippen LogP contribution < -0.4 is 5.32 Å². The van der Waals surface area contributed by atoms with E-state index in [0.717, 1.165) is 25.0 Å². The van der Waals surface area contributed by atoms with Gasteiger partial charge in [0, 0.05) is 19.8 Å². The highest BCUT2D eigenvalue weighted by atomic mass is 16.5. The SMILES string of the molecule is CNCC1CCN(CCC2CCOC2)C1. The smallest absolute Gasteiger partial charge is 0.0495 e. The zero-order valence-corrected chi connectivity index (χ0v) is 9.87. The number of nitrogens with one attached hydrogen (secondary N) is 1. The number of ether oxygens (including phenoxy) is 1. The molecule has 0 radical (unpaired) electrons. The van der Waals surface area contributed by atoms with Gasteiger partial charge in [-0.05, 0) is 57.8 Å². The first kappa shape index (κ1) is 11.4. The van der Waals surface area contributed by atoms with E-state index in [-0.39, 0.29) is 0 Å². The van der Waals surface area contributed by atoms with Crippen LogP contribution in [-0.4, -0.2) is 51.3 Å². The van der Waals surface area contributed by atoms with Crippen LogP contribution >= 0.6 is 0 Å². The van der Waals surface area contributed by atoms with Crippen molar-refractivity contribution in [3.8, 4) is 0 Å². The summed E-state index contributed by atoms with van der Waals surface area (Å²) in [7, 11) is 2.05. The third-order valence-corrected chi connectivity index (χ3v) is 3.74. The second-order valence-corrected chi connectivity index (χ2v) is 5.03. The van der Waals surface area contributed by atoms with Gasteiger partial charge in [-0.15, -0.1) is 0 Å². The number of hydrogen-bond acceptors (Lipinski definition) is 3. The Labute approximate surface area is 93.2 Å². The molecule has 2 heterocycles. The summed E-state index contributed by atoms with van der Waals surface area (Å²) in [6.45, 7) is 7.08. The van der Waals surface area contributed by atoms with Gasteiger partial charge in [-0.1, -0.05) is 0 Å². The Bertz CT molecular complexity index is 180. The highest BCUT2D eigenvalue weighted by Gasteiger charge is 2.23. The summed E-state index contributed by atoms with van der Waals surface area (Å²) in [6.07, 6.45) is 4.00. The summed E-state index contributed by atoms with van der Waals surface area (Å²) < 4.78 is 5.40. The molecule has 2 unspecified atom stereocenters. The molecule has 2 saturated heterocycles. The monoisotopic (exact) mass is 212 g/mol. The van der Waals surface area contributed by atoms with E-state index in [1.807, 2.05) is 0 Å². The number of hydrogen-bond donors (Lipinski definition) is 1.